The molecule has 4 heteroatoms. The summed E-state index contributed by atoms with van der Waals surface area (Å²) in [6.45, 7) is 4.04. The lowest BCUT2D eigenvalue weighted by Gasteiger charge is -2.15. The fraction of sp³-hybridized carbons (Fsp3) is 0.467. The molecule has 0 aliphatic heterocycles. The van der Waals surface area contributed by atoms with Crippen LogP contribution in [0.2, 0.25) is 0 Å². The van der Waals surface area contributed by atoms with E-state index in [1.807, 2.05) is 13.8 Å². The maximum absolute atomic E-state index is 11.8. The van der Waals surface area contributed by atoms with Gasteiger partial charge in [-0.05, 0) is 30.0 Å². The lowest BCUT2D eigenvalue weighted by molar-refractivity contribution is 0.0599. The maximum Gasteiger partial charge on any atom is 0.338 e. The van der Waals surface area contributed by atoms with E-state index in [1.54, 1.807) is 12.1 Å². The fourth-order valence-corrected chi connectivity index (χ4v) is 2.29. The van der Waals surface area contributed by atoms with Crippen LogP contribution in [-0.2, 0) is 17.6 Å². The summed E-state index contributed by atoms with van der Waals surface area (Å²) in [5.74, 6) is -0.897. The number of aryl methyl sites for hydroxylation is 1. The Balaban J connectivity index is 3.48. The quantitative estimate of drug-likeness (QED) is 0.801. The number of benzene rings is 1. The SMILES string of the molecule is CCCc1ccc(C(=O)OC)c(CCC)c1C(N)=O. The molecule has 0 bridgehead atoms. The molecule has 4 nitrogen and oxygen atoms in total. The molecule has 0 fully saturated rings. The number of primary amides is 1. The molecule has 0 aromatic heterocycles. The first-order valence-corrected chi connectivity index (χ1v) is 6.59. The molecule has 0 unspecified atom stereocenters. The first-order valence-electron chi connectivity index (χ1n) is 6.59. The van der Waals surface area contributed by atoms with Crippen LogP contribution in [0.4, 0.5) is 0 Å². The number of carbonyl (C=O) groups excluding carboxylic acids is 2. The third kappa shape index (κ3) is 3.34. The third-order valence-corrected chi connectivity index (χ3v) is 3.07. The van der Waals surface area contributed by atoms with Crippen LogP contribution in [0.3, 0.4) is 0 Å². The van der Waals surface area contributed by atoms with Gasteiger partial charge in [-0.3, -0.25) is 4.79 Å². The molecule has 0 saturated heterocycles. The Bertz CT molecular complexity index is 481. The summed E-state index contributed by atoms with van der Waals surface area (Å²) < 4.78 is 4.77. The van der Waals surface area contributed by atoms with Crippen molar-refractivity contribution in [3.8, 4) is 0 Å². The number of ether oxygens (including phenoxy) is 1. The molecule has 1 rings (SSSR count). The van der Waals surface area contributed by atoms with Crippen LogP contribution in [-0.4, -0.2) is 19.0 Å². The number of hydrogen-bond donors (Lipinski definition) is 1. The molecular weight excluding hydrogens is 242 g/mol. The average Bonchev–Trinajstić information content (AvgIpc) is 2.38. The Morgan fingerprint density at radius 1 is 1.16 bits per heavy atom. The third-order valence-electron chi connectivity index (χ3n) is 3.07. The van der Waals surface area contributed by atoms with Gasteiger partial charge < -0.3 is 10.5 Å². The van der Waals surface area contributed by atoms with Crippen molar-refractivity contribution < 1.29 is 14.3 Å². The van der Waals surface area contributed by atoms with E-state index in [4.69, 9.17) is 10.5 Å². The normalized spacial score (nSPS) is 10.3. The van der Waals surface area contributed by atoms with Crippen LogP contribution in [0.15, 0.2) is 12.1 Å². The first kappa shape index (κ1) is 15.2. The van der Waals surface area contributed by atoms with Crippen LogP contribution in [0, 0.1) is 0 Å². The first-order chi connectivity index (χ1) is 9.06. The van der Waals surface area contributed by atoms with Gasteiger partial charge in [-0.2, -0.15) is 0 Å². The largest absolute Gasteiger partial charge is 0.465 e. The molecule has 1 aromatic carbocycles. The van der Waals surface area contributed by atoms with E-state index < -0.39 is 11.9 Å². The highest BCUT2D eigenvalue weighted by molar-refractivity contribution is 6.00. The minimum Gasteiger partial charge on any atom is -0.465 e. The molecule has 0 radical (unpaired) electrons. The topological polar surface area (TPSA) is 69.4 Å². The molecule has 0 aliphatic carbocycles. The Labute approximate surface area is 113 Å². The number of rotatable bonds is 6. The molecular formula is C15H21NO3. The van der Waals surface area contributed by atoms with Gasteiger partial charge >= 0.3 is 5.97 Å². The highest BCUT2D eigenvalue weighted by atomic mass is 16.5. The van der Waals surface area contributed by atoms with E-state index in [2.05, 4.69) is 0 Å². The molecule has 0 saturated carbocycles. The predicted octanol–water partition coefficient (Wildman–Crippen LogP) is 2.48. The minimum absolute atomic E-state index is 0.422. The highest BCUT2D eigenvalue weighted by Gasteiger charge is 2.20. The minimum atomic E-state index is -0.474. The van der Waals surface area contributed by atoms with E-state index in [-0.39, 0.29) is 0 Å². The van der Waals surface area contributed by atoms with Gasteiger partial charge in [0.05, 0.1) is 12.7 Å². The second kappa shape index (κ2) is 6.92. The van der Waals surface area contributed by atoms with Gasteiger partial charge in [-0.1, -0.05) is 32.8 Å². The van der Waals surface area contributed by atoms with Crippen LogP contribution in [0.25, 0.3) is 0 Å². The molecule has 0 atom stereocenters. The summed E-state index contributed by atoms with van der Waals surface area (Å²) >= 11 is 0. The zero-order chi connectivity index (χ0) is 14.4. The zero-order valence-corrected chi connectivity index (χ0v) is 11.8. The zero-order valence-electron chi connectivity index (χ0n) is 11.8. The van der Waals surface area contributed by atoms with Crippen molar-refractivity contribution in [1.82, 2.24) is 0 Å². The Morgan fingerprint density at radius 2 is 1.79 bits per heavy atom. The van der Waals surface area contributed by atoms with Crippen molar-refractivity contribution in [2.24, 2.45) is 5.73 Å². The summed E-state index contributed by atoms with van der Waals surface area (Å²) in [6, 6.07) is 3.53. The highest BCUT2D eigenvalue weighted by Crippen LogP contribution is 2.23. The van der Waals surface area contributed by atoms with Crippen LogP contribution < -0.4 is 5.73 Å². The fourth-order valence-electron chi connectivity index (χ4n) is 2.29. The van der Waals surface area contributed by atoms with Crippen molar-refractivity contribution in [2.45, 2.75) is 39.5 Å². The molecule has 1 amide bonds. The van der Waals surface area contributed by atoms with Crippen LogP contribution in [0.1, 0.15) is 58.5 Å². The van der Waals surface area contributed by atoms with Crippen molar-refractivity contribution in [3.05, 3.63) is 34.4 Å². The van der Waals surface area contributed by atoms with E-state index in [0.29, 0.717) is 23.1 Å². The van der Waals surface area contributed by atoms with Crippen molar-refractivity contribution in [2.75, 3.05) is 7.11 Å². The molecule has 0 spiro atoms. The number of hydrogen-bond acceptors (Lipinski definition) is 3. The lowest BCUT2D eigenvalue weighted by atomic mass is 9.90. The van der Waals surface area contributed by atoms with Gasteiger partial charge in [0.15, 0.2) is 0 Å². The Hall–Kier alpha value is -1.84. The number of nitrogens with two attached hydrogens (primary N) is 1. The summed E-state index contributed by atoms with van der Waals surface area (Å²) in [5, 5.41) is 0. The number of methoxy groups -OCH3 is 1. The lowest BCUT2D eigenvalue weighted by Crippen LogP contribution is -2.20. The van der Waals surface area contributed by atoms with Crippen LogP contribution >= 0.6 is 0 Å². The van der Waals surface area contributed by atoms with Crippen LogP contribution in [0.5, 0.6) is 0 Å². The summed E-state index contributed by atoms with van der Waals surface area (Å²) in [6.07, 6.45) is 3.17. The monoisotopic (exact) mass is 263 g/mol. The summed E-state index contributed by atoms with van der Waals surface area (Å²) in [7, 11) is 1.34. The Kier molecular flexibility index (Phi) is 5.55. The second-order valence-corrected chi connectivity index (χ2v) is 4.48. The summed E-state index contributed by atoms with van der Waals surface area (Å²) in [4.78, 5) is 23.5. The van der Waals surface area contributed by atoms with Gasteiger partial charge in [0.1, 0.15) is 0 Å². The molecule has 2 N–H and O–H groups in total. The Morgan fingerprint density at radius 3 is 2.26 bits per heavy atom. The number of esters is 1. The number of carbonyl (C=O) groups is 2. The van der Waals surface area contributed by atoms with Gasteiger partial charge in [0.2, 0.25) is 5.91 Å². The molecule has 1 aromatic rings. The van der Waals surface area contributed by atoms with Gasteiger partial charge in [0.25, 0.3) is 0 Å². The molecule has 104 valence electrons. The molecule has 19 heavy (non-hydrogen) atoms. The second-order valence-electron chi connectivity index (χ2n) is 4.48. The van der Waals surface area contributed by atoms with E-state index in [9.17, 15) is 9.59 Å². The summed E-state index contributed by atoms with van der Waals surface area (Å²) in [5.41, 5.74) is 8.05. The maximum atomic E-state index is 11.8. The van der Waals surface area contributed by atoms with Gasteiger partial charge in [-0.25, -0.2) is 4.79 Å². The van der Waals surface area contributed by atoms with Crippen molar-refractivity contribution >= 4 is 11.9 Å². The number of amides is 1. The van der Waals surface area contributed by atoms with E-state index in [1.165, 1.54) is 7.11 Å². The van der Waals surface area contributed by atoms with E-state index in [0.717, 1.165) is 24.8 Å². The molecule has 0 heterocycles. The smallest absolute Gasteiger partial charge is 0.338 e. The van der Waals surface area contributed by atoms with Crippen molar-refractivity contribution in [3.63, 3.8) is 0 Å². The predicted molar refractivity (Wildman–Crippen MR) is 74.3 cm³/mol. The van der Waals surface area contributed by atoms with Gasteiger partial charge in [-0.15, -0.1) is 0 Å². The van der Waals surface area contributed by atoms with Crippen molar-refractivity contribution in [1.29, 1.82) is 0 Å². The van der Waals surface area contributed by atoms with E-state index >= 15 is 0 Å². The standard InChI is InChI=1S/C15H21NO3/c1-4-6-10-8-9-12(15(18)19-3)11(7-5-2)13(10)14(16)17/h8-9H,4-7H2,1-3H3,(H2,16,17). The molecule has 0 aliphatic rings. The average molecular weight is 263 g/mol. The van der Waals surface area contributed by atoms with Gasteiger partial charge in [0, 0.05) is 5.56 Å².